The molecule has 0 aromatic carbocycles. The van der Waals surface area contributed by atoms with E-state index in [4.69, 9.17) is 11.6 Å². The zero-order valence-corrected chi connectivity index (χ0v) is 8.80. The van der Waals surface area contributed by atoms with E-state index >= 15 is 0 Å². The summed E-state index contributed by atoms with van der Waals surface area (Å²) in [5.74, 6) is -0.703. The van der Waals surface area contributed by atoms with Crippen LogP contribution in [0.25, 0.3) is 0 Å². The summed E-state index contributed by atoms with van der Waals surface area (Å²) >= 11 is 5.54. The van der Waals surface area contributed by atoms with Crippen molar-refractivity contribution in [3.63, 3.8) is 0 Å². The van der Waals surface area contributed by atoms with Crippen LogP contribution < -0.4 is 0 Å². The second-order valence-corrected chi connectivity index (χ2v) is 3.27. The molecule has 1 unspecified atom stereocenters. The van der Waals surface area contributed by atoms with E-state index in [0.29, 0.717) is 6.61 Å². The molecule has 1 amide bonds. The molecule has 4 nitrogen and oxygen atoms in total. The van der Waals surface area contributed by atoms with E-state index in [1.165, 1.54) is 11.9 Å². The lowest BCUT2D eigenvalue weighted by Gasteiger charge is -2.16. The van der Waals surface area contributed by atoms with Crippen LogP contribution in [-0.2, 0) is 14.3 Å². The number of esters is 1. The first-order chi connectivity index (χ1) is 5.99. The van der Waals surface area contributed by atoms with E-state index in [2.05, 4.69) is 4.74 Å². The van der Waals surface area contributed by atoms with Gasteiger partial charge in [0.2, 0.25) is 5.91 Å². The largest absolute Gasteiger partial charge is 0.465 e. The number of alkyl halides is 1. The van der Waals surface area contributed by atoms with Crippen molar-refractivity contribution in [3.05, 3.63) is 0 Å². The number of ether oxygens (including phenoxy) is 1. The fourth-order valence-corrected chi connectivity index (χ4v) is 0.948. The molecule has 0 saturated carbocycles. The molecule has 0 aromatic rings. The van der Waals surface area contributed by atoms with Gasteiger partial charge >= 0.3 is 5.97 Å². The summed E-state index contributed by atoms with van der Waals surface area (Å²) in [6.07, 6.45) is 0. The smallest absolute Gasteiger partial charge is 0.325 e. The molecule has 0 bridgehead atoms. The molecule has 1 atom stereocenters. The van der Waals surface area contributed by atoms with Crippen LogP contribution in [0.2, 0.25) is 0 Å². The van der Waals surface area contributed by atoms with Crippen molar-refractivity contribution in [2.75, 3.05) is 20.2 Å². The van der Waals surface area contributed by atoms with E-state index in [-0.39, 0.29) is 12.5 Å². The summed E-state index contributed by atoms with van der Waals surface area (Å²) in [5.41, 5.74) is 0. The van der Waals surface area contributed by atoms with Gasteiger partial charge in [0.1, 0.15) is 11.9 Å². The van der Waals surface area contributed by atoms with Gasteiger partial charge in [-0.05, 0) is 13.8 Å². The van der Waals surface area contributed by atoms with Gasteiger partial charge in [-0.1, -0.05) is 0 Å². The number of amides is 1. The molecule has 0 radical (unpaired) electrons. The first kappa shape index (κ1) is 12.2. The lowest BCUT2D eigenvalue weighted by Crippen LogP contribution is -2.36. The number of rotatable bonds is 4. The zero-order valence-electron chi connectivity index (χ0n) is 8.04. The second-order valence-electron chi connectivity index (χ2n) is 2.62. The highest BCUT2D eigenvalue weighted by Gasteiger charge is 2.17. The van der Waals surface area contributed by atoms with E-state index in [1.54, 1.807) is 13.8 Å². The number of carbonyl (C=O) groups is 2. The summed E-state index contributed by atoms with van der Waals surface area (Å²) in [6, 6.07) is 0. The van der Waals surface area contributed by atoms with Crippen LogP contribution in [0.1, 0.15) is 13.8 Å². The third-order valence-corrected chi connectivity index (χ3v) is 1.57. The third kappa shape index (κ3) is 4.72. The van der Waals surface area contributed by atoms with Gasteiger partial charge in [0.25, 0.3) is 0 Å². The van der Waals surface area contributed by atoms with Crippen molar-refractivity contribution in [2.24, 2.45) is 0 Å². The van der Waals surface area contributed by atoms with Crippen LogP contribution >= 0.6 is 11.6 Å². The van der Waals surface area contributed by atoms with Crippen molar-refractivity contribution in [1.82, 2.24) is 4.90 Å². The van der Waals surface area contributed by atoms with E-state index in [9.17, 15) is 9.59 Å². The molecule has 0 aliphatic rings. The van der Waals surface area contributed by atoms with Gasteiger partial charge in [-0.25, -0.2) is 0 Å². The number of likely N-dealkylation sites (N-methyl/N-ethyl adjacent to an activating group) is 1. The summed E-state index contributed by atoms with van der Waals surface area (Å²) in [4.78, 5) is 23.3. The van der Waals surface area contributed by atoms with Crippen molar-refractivity contribution >= 4 is 23.5 Å². The highest BCUT2D eigenvalue weighted by atomic mass is 35.5. The van der Waals surface area contributed by atoms with E-state index in [1.807, 2.05) is 0 Å². The maximum absolute atomic E-state index is 11.2. The monoisotopic (exact) mass is 207 g/mol. The van der Waals surface area contributed by atoms with Gasteiger partial charge in [-0.2, -0.15) is 0 Å². The molecular weight excluding hydrogens is 194 g/mol. The van der Waals surface area contributed by atoms with E-state index in [0.717, 1.165) is 0 Å². The van der Waals surface area contributed by atoms with Crippen molar-refractivity contribution in [2.45, 2.75) is 19.2 Å². The molecule has 13 heavy (non-hydrogen) atoms. The average molecular weight is 208 g/mol. The van der Waals surface area contributed by atoms with Crippen molar-refractivity contribution in [3.8, 4) is 0 Å². The molecular formula is C8H14ClNO3. The molecule has 0 heterocycles. The van der Waals surface area contributed by atoms with Gasteiger partial charge in [-0.15, -0.1) is 11.6 Å². The van der Waals surface area contributed by atoms with Gasteiger partial charge < -0.3 is 9.64 Å². The molecule has 0 aromatic heterocycles. The number of hydrogen-bond donors (Lipinski definition) is 0. The van der Waals surface area contributed by atoms with Crippen molar-refractivity contribution < 1.29 is 14.3 Å². The summed E-state index contributed by atoms with van der Waals surface area (Å²) in [7, 11) is 1.51. The minimum Gasteiger partial charge on any atom is -0.465 e. The Morgan fingerprint density at radius 3 is 2.46 bits per heavy atom. The number of nitrogens with zero attached hydrogens (tertiary/aromatic N) is 1. The molecule has 0 N–H and O–H groups in total. The molecule has 0 saturated heterocycles. The van der Waals surface area contributed by atoms with Gasteiger partial charge in [0, 0.05) is 7.05 Å². The SMILES string of the molecule is CCOC(=O)CN(C)C(=O)C(C)Cl. The topological polar surface area (TPSA) is 46.6 Å². The highest BCUT2D eigenvalue weighted by Crippen LogP contribution is 1.99. The maximum atomic E-state index is 11.2. The second kappa shape index (κ2) is 5.80. The number of carbonyl (C=O) groups excluding carboxylic acids is 2. The average Bonchev–Trinajstić information content (AvgIpc) is 2.03. The Balaban J connectivity index is 3.92. The fraction of sp³-hybridized carbons (Fsp3) is 0.750. The van der Waals surface area contributed by atoms with Crippen LogP contribution in [-0.4, -0.2) is 42.4 Å². The molecule has 0 rings (SSSR count). The molecule has 0 aliphatic heterocycles. The lowest BCUT2D eigenvalue weighted by atomic mass is 10.4. The van der Waals surface area contributed by atoms with Crippen LogP contribution in [0.3, 0.4) is 0 Å². The Bertz CT molecular complexity index is 194. The molecule has 0 aliphatic carbocycles. The summed E-state index contributed by atoms with van der Waals surface area (Å²) in [6.45, 7) is 3.54. The number of halogens is 1. The summed E-state index contributed by atoms with van der Waals surface area (Å²) in [5, 5.41) is -0.612. The van der Waals surface area contributed by atoms with Crippen LogP contribution in [0.15, 0.2) is 0 Å². The lowest BCUT2D eigenvalue weighted by molar-refractivity contribution is -0.147. The number of hydrogen-bond acceptors (Lipinski definition) is 3. The minimum absolute atomic E-state index is 0.0519. The predicted molar refractivity (Wildman–Crippen MR) is 49.6 cm³/mol. The quantitative estimate of drug-likeness (QED) is 0.502. The standard InChI is InChI=1S/C8H14ClNO3/c1-4-13-7(11)5-10(3)8(12)6(2)9/h6H,4-5H2,1-3H3. The Labute approximate surface area is 82.8 Å². The van der Waals surface area contributed by atoms with Crippen molar-refractivity contribution in [1.29, 1.82) is 0 Å². The van der Waals surface area contributed by atoms with Gasteiger partial charge in [-0.3, -0.25) is 9.59 Å². The summed E-state index contributed by atoms with van der Waals surface area (Å²) < 4.78 is 4.67. The minimum atomic E-state index is -0.612. The molecule has 0 spiro atoms. The predicted octanol–water partition coefficient (Wildman–Crippen LogP) is 0.635. The molecule has 0 fully saturated rings. The Hall–Kier alpha value is -0.770. The highest BCUT2D eigenvalue weighted by molar-refractivity contribution is 6.30. The van der Waals surface area contributed by atoms with Gasteiger partial charge in [0.15, 0.2) is 0 Å². The van der Waals surface area contributed by atoms with Crippen LogP contribution in [0, 0.1) is 0 Å². The Morgan fingerprint density at radius 2 is 2.08 bits per heavy atom. The zero-order chi connectivity index (χ0) is 10.4. The van der Waals surface area contributed by atoms with Crippen LogP contribution in [0.4, 0.5) is 0 Å². The maximum Gasteiger partial charge on any atom is 0.325 e. The van der Waals surface area contributed by atoms with E-state index < -0.39 is 11.3 Å². The van der Waals surface area contributed by atoms with Gasteiger partial charge in [0.05, 0.1) is 6.61 Å². The first-order valence-corrected chi connectivity index (χ1v) is 4.47. The fourth-order valence-electron chi connectivity index (χ4n) is 0.782. The molecule has 5 heteroatoms. The Kier molecular flexibility index (Phi) is 5.46. The Morgan fingerprint density at radius 1 is 1.54 bits per heavy atom. The molecule has 76 valence electrons. The van der Waals surface area contributed by atoms with Crippen LogP contribution in [0.5, 0.6) is 0 Å². The normalized spacial score (nSPS) is 12.0. The third-order valence-electron chi connectivity index (χ3n) is 1.39. The first-order valence-electron chi connectivity index (χ1n) is 4.03.